The first-order chi connectivity index (χ1) is 14.0. The van der Waals surface area contributed by atoms with Crippen molar-refractivity contribution in [1.82, 2.24) is 18.9 Å². The number of carbonyl (C=O) groups is 1. The van der Waals surface area contributed by atoms with Gasteiger partial charge in [0.15, 0.2) is 11.4 Å². The first-order valence-corrected chi connectivity index (χ1v) is 9.56. The Kier molecular flexibility index (Phi) is 3.87. The molecule has 0 fully saturated rings. The molecule has 0 bridgehead atoms. The number of benzene rings is 2. The van der Waals surface area contributed by atoms with Crippen molar-refractivity contribution in [3.8, 4) is 5.75 Å². The SMILES string of the molecule is CC(=O)Oc1cn([C@H](C)c2ccccc2)c2nc(C)n3c4ccccc4nc3c12. The fourth-order valence-corrected chi connectivity index (χ4v) is 3.96. The van der Waals surface area contributed by atoms with E-state index in [1.165, 1.54) is 6.92 Å². The molecule has 0 saturated carbocycles. The summed E-state index contributed by atoms with van der Waals surface area (Å²) in [7, 11) is 0. The molecule has 0 amide bonds. The second-order valence-electron chi connectivity index (χ2n) is 7.20. The van der Waals surface area contributed by atoms with Gasteiger partial charge in [-0.25, -0.2) is 9.97 Å². The summed E-state index contributed by atoms with van der Waals surface area (Å²) in [4.78, 5) is 21.5. The molecule has 3 aromatic heterocycles. The first kappa shape index (κ1) is 17.4. The molecule has 29 heavy (non-hydrogen) atoms. The Labute approximate surface area is 167 Å². The van der Waals surface area contributed by atoms with Gasteiger partial charge in [0.05, 0.1) is 23.3 Å². The summed E-state index contributed by atoms with van der Waals surface area (Å²) in [5.41, 5.74) is 4.49. The van der Waals surface area contributed by atoms with Crippen LogP contribution in [0, 0.1) is 6.92 Å². The van der Waals surface area contributed by atoms with Crippen LogP contribution >= 0.6 is 0 Å². The summed E-state index contributed by atoms with van der Waals surface area (Å²) in [6, 6.07) is 18.1. The molecule has 1 atom stereocenters. The number of hydrogen-bond donors (Lipinski definition) is 0. The molecule has 6 nitrogen and oxygen atoms in total. The van der Waals surface area contributed by atoms with Crippen LogP contribution in [0.4, 0.5) is 0 Å². The second-order valence-corrected chi connectivity index (χ2v) is 7.20. The Bertz CT molecular complexity index is 1380. The molecule has 3 heterocycles. The predicted molar refractivity (Wildman–Crippen MR) is 112 cm³/mol. The first-order valence-electron chi connectivity index (χ1n) is 9.56. The van der Waals surface area contributed by atoms with Gasteiger partial charge in [0.25, 0.3) is 0 Å². The van der Waals surface area contributed by atoms with Gasteiger partial charge in [-0.15, -0.1) is 0 Å². The van der Waals surface area contributed by atoms with Gasteiger partial charge in [-0.3, -0.25) is 9.20 Å². The number of carbonyl (C=O) groups excluding carboxylic acids is 1. The molecule has 0 spiro atoms. The minimum atomic E-state index is -0.369. The minimum Gasteiger partial charge on any atom is -0.424 e. The van der Waals surface area contributed by atoms with Gasteiger partial charge >= 0.3 is 5.97 Å². The maximum atomic E-state index is 11.8. The van der Waals surface area contributed by atoms with Crippen molar-refractivity contribution >= 4 is 33.7 Å². The van der Waals surface area contributed by atoms with E-state index in [2.05, 4.69) is 23.6 Å². The summed E-state index contributed by atoms with van der Waals surface area (Å²) in [6.07, 6.45) is 1.86. The number of ether oxygens (including phenoxy) is 1. The van der Waals surface area contributed by atoms with Crippen LogP contribution in [0.5, 0.6) is 5.75 Å². The lowest BCUT2D eigenvalue weighted by molar-refractivity contribution is -0.131. The van der Waals surface area contributed by atoms with Gasteiger partial charge in [-0.2, -0.15) is 0 Å². The van der Waals surface area contributed by atoms with Crippen LogP contribution in [0.1, 0.15) is 31.3 Å². The fourth-order valence-electron chi connectivity index (χ4n) is 3.96. The van der Waals surface area contributed by atoms with Crippen molar-refractivity contribution in [3.05, 3.63) is 72.2 Å². The van der Waals surface area contributed by atoms with E-state index in [0.29, 0.717) is 5.75 Å². The monoisotopic (exact) mass is 384 g/mol. The van der Waals surface area contributed by atoms with Crippen molar-refractivity contribution in [3.63, 3.8) is 0 Å². The predicted octanol–water partition coefficient (Wildman–Crippen LogP) is 4.68. The summed E-state index contributed by atoms with van der Waals surface area (Å²) >= 11 is 0. The molecular weight excluding hydrogens is 364 g/mol. The van der Waals surface area contributed by atoms with E-state index in [4.69, 9.17) is 14.7 Å². The second kappa shape index (κ2) is 6.44. The lowest BCUT2D eigenvalue weighted by atomic mass is 10.1. The third kappa shape index (κ3) is 2.68. The lowest BCUT2D eigenvalue weighted by Crippen LogP contribution is -2.07. The quantitative estimate of drug-likeness (QED) is 0.424. The number of para-hydroxylation sites is 2. The Morgan fingerprint density at radius 3 is 2.48 bits per heavy atom. The smallest absolute Gasteiger partial charge is 0.308 e. The largest absolute Gasteiger partial charge is 0.424 e. The fraction of sp³-hybridized carbons (Fsp3) is 0.174. The maximum absolute atomic E-state index is 11.8. The Morgan fingerprint density at radius 2 is 1.72 bits per heavy atom. The zero-order chi connectivity index (χ0) is 20.1. The summed E-state index contributed by atoms with van der Waals surface area (Å²) < 4.78 is 9.65. The zero-order valence-electron chi connectivity index (χ0n) is 16.5. The average Bonchev–Trinajstić information content (AvgIpc) is 3.26. The molecule has 6 heteroatoms. The number of aromatic nitrogens is 4. The average molecular weight is 384 g/mol. The highest BCUT2D eigenvalue weighted by atomic mass is 16.5. The highest BCUT2D eigenvalue weighted by Crippen LogP contribution is 2.36. The van der Waals surface area contributed by atoms with Crippen molar-refractivity contribution in [2.24, 2.45) is 0 Å². The molecule has 0 saturated heterocycles. The highest BCUT2D eigenvalue weighted by Gasteiger charge is 2.23. The number of imidazole rings is 1. The van der Waals surface area contributed by atoms with Crippen LogP contribution in [-0.4, -0.2) is 24.9 Å². The Hall–Kier alpha value is -3.67. The molecule has 2 aromatic carbocycles. The van der Waals surface area contributed by atoms with E-state index in [-0.39, 0.29) is 12.0 Å². The summed E-state index contributed by atoms with van der Waals surface area (Å²) in [6.45, 7) is 5.48. The van der Waals surface area contributed by atoms with E-state index in [1.807, 2.05) is 60.0 Å². The van der Waals surface area contributed by atoms with Crippen LogP contribution in [0.15, 0.2) is 60.8 Å². The molecule has 0 aliphatic rings. The van der Waals surface area contributed by atoms with E-state index in [0.717, 1.165) is 39.1 Å². The molecule has 0 aliphatic heterocycles. The van der Waals surface area contributed by atoms with Crippen LogP contribution in [0.2, 0.25) is 0 Å². The topological polar surface area (TPSA) is 61.4 Å². The van der Waals surface area contributed by atoms with Crippen molar-refractivity contribution in [1.29, 1.82) is 0 Å². The van der Waals surface area contributed by atoms with Crippen molar-refractivity contribution in [2.45, 2.75) is 26.8 Å². The maximum Gasteiger partial charge on any atom is 0.308 e. The van der Waals surface area contributed by atoms with E-state index in [9.17, 15) is 4.79 Å². The molecule has 0 unspecified atom stereocenters. The molecule has 0 aliphatic carbocycles. The van der Waals surface area contributed by atoms with E-state index < -0.39 is 0 Å². The van der Waals surface area contributed by atoms with Gasteiger partial charge in [0.1, 0.15) is 16.9 Å². The van der Waals surface area contributed by atoms with Crippen molar-refractivity contribution in [2.75, 3.05) is 0 Å². The number of aryl methyl sites for hydroxylation is 1. The molecule has 144 valence electrons. The summed E-state index contributed by atoms with van der Waals surface area (Å²) in [5, 5.41) is 0.741. The third-order valence-electron chi connectivity index (χ3n) is 5.30. The summed E-state index contributed by atoms with van der Waals surface area (Å²) in [5.74, 6) is 0.935. The Morgan fingerprint density at radius 1 is 1.00 bits per heavy atom. The van der Waals surface area contributed by atoms with Gasteiger partial charge in [0.2, 0.25) is 0 Å². The van der Waals surface area contributed by atoms with E-state index >= 15 is 0 Å². The van der Waals surface area contributed by atoms with Gasteiger partial charge < -0.3 is 9.30 Å². The number of nitrogens with zero attached hydrogens (tertiary/aromatic N) is 4. The van der Waals surface area contributed by atoms with Crippen LogP contribution in [-0.2, 0) is 4.79 Å². The standard InChI is InChI=1S/C23H20N4O2/c1-14(17-9-5-4-6-10-17)26-13-20(29-16(3)28)21-22(26)24-15(2)27-19-12-8-7-11-18(19)25-23(21)27/h4-14H,1-3H3/t14-/m1/s1. The number of fused-ring (bicyclic) bond motifs is 5. The third-order valence-corrected chi connectivity index (χ3v) is 5.30. The highest BCUT2D eigenvalue weighted by molar-refractivity contribution is 6.00. The Balaban J connectivity index is 1.87. The number of rotatable bonds is 3. The van der Waals surface area contributed by atoms with Crippen LogP contribution in [0.25, 0.3) is 27.7 Å². The van der Waals surface area contributed by atoms with Gasteiger partial charge in [-0.1, -0.05) is 42.5 Å². The molecule has 5 aromatic rings. The molecular formula is C23H20N4O2. The van der Waals surface area contributed by atoms with Crippen molar-refractivity contribution < 1.29 is 9.53 Å². The minimum absolute atomic E-state index is 0.0155. The van der Waals surface area contributed by atoms with Crippen LogP contribution in [0.3, 0.4) is 0 Å². The number of hydrogen-bond acceptors (Lipinski definition) is 4. The molecule has 0 radical (unpaired) electrons. The number of esters is 1. The van der Waals surface area contributed by atoms with Gasteiger partial charge in [-0.05, 0) is 31.5 Å². The lowest BCUT2D eigenvalue weighted by Gasteiger charge is -2.15. The molecule has 5 rings (SSSR count). The zero-order valence-corrected chi connectivity index (χ0v) is 16.5. The van der Waals surface area contributed by atoms with E-state index in [1.54, 1.807) is 0 Å². The normalized spacial score (nSPS) is 12.7. The van der Waals surface area contributed by atoms with Gasteiger partial charge in [0, 0.05) is 6.92 Å². The van der Waals surface area contributed by atoms with Crippen LogP contribution < -0.4 is 4.74 Å². The molecule has 0 N–H and O–H groups in total.